The van der Waals surface area contributed by atoms with Crippen LogP contribution in [0.25, 0.3) is 0 Å². The van der Waals surface area contributed by atoms with E-state index in [0.717, 1.165) is 25.6 Å². The SMILES string of the molecule is COC(C)CNCC1(C(C)C)CCNC1. The van der Waals surface area contributed by atoms with Gasteiger partial charge in [0.2, 0.25) is 0 Å². The Morgan fingerprint density at radius 2 is 2.13 bits per heavy atom. The third-order valence-corrected chi connectivity index (χ3v) is 3.81. The maximum absolute atomic E-state index is 5.23. The van der Waals surface area contributed by atoms with Crippen molar-refractivity contribution in [3.63, 3.8) is 0 Å². The standard InChI is InChI=1S/C12H26N2O/c1-10(2)12(5-6-13-8-12)9-14-7-11(3)15-4/h10-11,13-14H,5-9H2,1-4H3. The first-order valence-corrected chi connectivity index (χ1v) is 6.05. The van der Waals surface area contributed by atoms with Crippen molar-refractivity contribution in [2.45, 2.75) is 33.3 Å². The highest BCUT2D eigenvalue weighted by Gasteiger charge is 2.36. The van der Waals surface area contributed by atoms with E-state index in [1.165, 1.54) is 13.0 Å². The molecule has 1 fully saturated rings. The Morgan fingerprint density at radius 3 is 2.60 bits per heavy atom. The molecule has 2 unspecified atom stereocenters. The molecular formula is C12H26N2O. The van der Waals surface area contributed by atoms with Gasteiger partial charge >= 0.3 is 0 Å². The lowest BCUT2D eigenvalue weighted by atomic mass is 9.76. The van der Waals surface area contributed by atoms with Gasteiger partial charge in [0.15, 0.2) is 0 Å². The fourth-order valence-electron chi connectivity index (χ4n) is 2.22. The highest BCUT2D eigenvalue weighted by Crippen LogP contribution is 2.33. The Bertz CT molecular complexity index is 176. The summed E-state index contributed by atoms with van der Waals surface area (Å²) in [4.78, 5) is 0. The lowest BCUT2D eigenvalue weighted by Gasteiger charge is -2.33. The molecule has 0 aromatic heterocycles. The summed E-state index contributed by atoms with van der Waals surface area (Å²) < 4.78 is 5.23. The zero-order valence-corrected chi connectivity index (χ0v) is 10.6. The number of hydrogen-bond donors (Lipinski definition) is 2. The molecule has 0 aromatic carbocycles. The summed E-state index contributed by atoms with van der Waals surface area (Å²) in [5, 5.41) is 7.01. The third-order valence-electron chi connectivity index (χ3n) is 3.81. The fraction of sp³-hybridized carbons (Fsp3) is 1.00. The van der Waals surface area contributed by atoms with Gasteiger partial charge in [-0.05, 0) is 31.2 Å². The monoisotopic (exact) mass is 214 g/mol. The van der Waals surface area contributed by atoms with Gasteiger partial charge in [-0.3, -0.25) is 0 Å². The van der Waals surface area contributed by atoms with Crippen molar-refractivity contribution in [2.24, 2.45) is 11.3 Å². The Labute approximate surface area is 94.0 Å². The Kier molecular flexibility index (Phi) is 5.03. The predicted octanol–water partition coefficient (Wildman–Crippen LogP) is 1.25. The number of nitrogens with one attached hydrogen (secondary N) is 2. The summed E-state index contributed by atoms with van der Waals surface area (Å²) in [6, 6.07) is 0. The molecular weight excluding hydrogens is 188 g/mol. The van der Waals surface area contributed by atoms with E-state index >= 15 is 0 Å². The molecule has 0 aliphatic carbocycles. The van der Waals surface area contributed by atoms with E-state index in [1.54, 1.807) is 7.11 Å². The average Bonchev–Trinajstić information content (AvgIpc) is 2.67. The highest BCUT2D eigenvalue weighted by molar-refractivity contribution is 4.92. The van der Waals surface area contributed by atoms with Gasteiger partial charge in [-0.2, -0.15) is 0 Å². The summed E-state index contributed by atoms with van der Waals surface area (Å²) >= 11 is 0. The zero-order valence-electron chi connectivity index (χ0n) is 10.6. The van der Waals surface area contributed by atoms with Crippen molar-refractivity contribution in [1.82, 2.24) is 10.6 Å². The molecule has 1 aliphatic rings. The van der Waals surface area contributed by atoms with Crippen molar-refractivity contribution in [3.05, 3.63) is 0 Å². The molecule has 0 saturated carbocycles. The van der Waals surface area contributed by atoms with Gasteiger partial charge in [-0.15, -0.1) is 0 Å². The van der Waals surface area contributed by atoms with Gasteiger partial charge in [0, 0.05) is 26.7 Å². The molecule has 2 N–H and O–H groups in total. The van der Waals surface area contributed by atoms with Gasteiger partial charge in [0.25, 0.3) is 0 Å². The molecule has 1 saturated heterocycles. The molecule has 1 aliphatic heterocycles. The van der Waals surface area contributed by atoms with E-state index in [-0.39, 0.29) is 0 Å². The van der Waals surface area contributed by atoms with Crippen LogP contribution in [-0.4, -0.2) is 39.4 Å². The molecule has 15 heavy (non-hydrogen) atoms. The Balaban J connectivity index is 2.33. The van der Waals surface area contributed by atoms with Crippen LogP contribution in [0.3, 0.4) is 0 Å². The van der Waals surface area contributed by atoms with Gasteiger partial charge in [-0.25, -0.2) is 0 Å². The first kappa shape index (κ1) is 12.9. The largest absolute Gasteiger partial charge is 0.380 e. The van der Waals surface area contributed by atoms with Crippen LogP contribution >= 0.6 is 0 Å². The quantitative estimate of drug-likeness (QED) is 0.698. The summed E-state index contributed by atoms with van der Waals surface area (Å²) in [7, 11) is 1.77. The molecule has 2 atom stereocenters. The summed E-state index contributed by atoms with van der Waals surface area (Å²) in [6.45, 7) is 11.1. The molecule has 3 heteroatoms. The van der Waals surface area contributed by atoms with Crippen LogP contribution in [0.4, 0.5) is 0 Å². The summed E-state index contributed by atoms with van der Waals surface area (Å²) in [5.74, 6) is 0.734. The predicted molar refractivity (Wildman–Crippen MR) is 64.1 cm³/mol. The van der Waals surface area contributed by atoms with E-state index in [1.807, 2.05) is 0 Å². The van der Waals surface area contributed by atoms with Crippen LogP contribution < -0.4 is 10.6 Å². The molecule has 1 heterocycles. The molecule has 1 rings (SSSR count). The minimum atomic E-state index is 0.309. The Hall–Kier alpha value is -0.120. The average molecular weight is 214 g/mol. The summed E-state index contributed by atoms with van der Waals surface area (Å²) in [6.07, 6.45) is 1.60. The van der Waals surface area contributed by atoms with E-state index < -0.39 is 0 Å². The van der Waals surface area contributed by atoms with Crippen molar-refractivity contribution in [3.8, 4) is 0 Å². The number of hydrogen-bond acceptors (Lipinski definition) is 3. The maximum atomic E-state index is 5.23. The first-order valence-electron chi connectivity index (χ1n) is 6.05. The molecule has 3 nitrogen and oxygen atoms in total. The van der Waals surface area contributed by atoms with Crippen LogP contribution in [-0.2, 0) is 4.74 Å². The molecule has 0 amide bonds. The van der Waals surface area contributed by atoms with Crippen LogP contribution in [0.5, 0.6) is 0 Å². The minimum Gasteiger partial charge on any atom is -0.380 e. The van der Waals surface area contributed by atoms with E-state index in [9.17, 15) is 0 Å². The van der Waals surface area contributed by atoms with Gasteiger partial charge in [0.1, 0.15) is 0 Å². The van der Waals surface area contributed by atoms with Crippen LogP contribution in [0.15, 0.2) is 0 Å². The van der Waals surface area contributed by atoms with Gasteiger partial charge < -0.3 is 15.4 Å². The topological polar surface area (TPSA) is 33.3 Å². The minimum absolute atomic E-state index is 0.309. The second-order valence-electron chi connectivity index (χ2n) is 5.12. The normalized spacial score (nSPS) is 28.6. The fourth-order valence-corrected chi connectivity index (χ4v) is 2.22. The third kappa shape index (κ3) is 3.44. The molecule has 0 spiro atoms. The molecule has 90 valence electrons. The van der Waals surface area contributed by atoms with Gasteiger partial charge in [0.05, 0.1) is 6.10 Å². The van der Waals surface area contributed by atoms with E-state index in [4.69, 9.17) is 4.74 Å². The molecule has 0 aromatic rings. The van der Waals surface area contributed by atoms with Crippen molar-refractivity contribution < 1.29 is 4.74 Å². The van der Waals surface area contributed by atoms with Crippen molar-refractivity contribution in [2.75, 3.05) is 33.3 Å². The maximum Gasteiger partial charge on any atom is 0.0667 e. The molecule has 0 radical (unpaired) electrons. The van der Waals surface area contributed by atoms with Crippen LogP contribution in [0.2, 0.25) is 0 Å². The van der Waals surface area contributed by atoms with Gasteiger partial charge in [-0.1, -0.05) is 13.8 Å². The van der Waals surface area contributed by atoms with E-state index in [2.05, 4.69) is 31.4 Å². The lowest BCUT2D eigenvalue weighted by molar-refractivity contribution is 0.109. The van der Waals surface area contributed by atoms with Crippen LogP contribution in [0.1, 0.15) is 27.2 Å². The smallest absolute Gasteiger partial charge is 0.0667 e. The number of methoxy groups -OCH3 is 1. The lowest BCUT2D eigenvalue weighted by Crippen LogP contribution is -2.42. The van der Waals surface area contributed by atoms with E-state index in [0.29, 0.717) is 11.5 Å². The Morgan fingerprint density at radius 1 is 1.40 bits per heavy atom. The second kappa shape index (κ2) is 5.83. The second-order valence-corrected chi connectivity index (χ2v) is 5.12. The highest BCUT2D eigenvalue weighted by atomic mass is 16.5. The molecule has 0 bridgehead atoms. The first-order chi connectivity index (χ1) is 7.10. The van der Waals surface area contributed by atoms with Crippen LogP contribution in [0, 0.1) is 11.3 Å². The summed E-state index contributed by atoms with van der Waals surface area (Å²) in [5.41, 5.74) is 0.452. The van der Waals surface area contributed by atoms with Crippen molar-refractivity contribution >= 4 is 0 Å². The number of rotatable bonds is 6. The zero-order chi connectivity index (χ0) is 11.3. The van der Waals surface area contributed by atoms with Crippen molar-refractivity contribution in [1.29, 1.82) is 0 Å². The number of ether oxygens (including phenoxy) is 1.